The van der Waals surface area contributed by atoms with Crippen molar-refractivity contribution in [2.45, 2.75) is 12.0 Å². The van der Waals surface area contributed by atoms with E-state index in [0.717, 1.165) is 44.8 Å². The minimum Gasteiger partial charge on any atom is -0.485 e. The van der Waals surface area contributed by atoms with Crippen LogP contribution in [0, 0.1) is 0 Å². The predicted octanol–water partition coefficient (Wildman–Crippen LogP) is 7.72. The third kappa shape index (κ3) is 4.99. The summed E-state index contributed by atoms with van der Waals surface area (Å²) < 4.78 is 6.68. The molecule has 222 valence electrons. The highest BCUT2D eigenvalue weighted by molar-refractivity contribution is 5.77. The van der Waals surface area contributed by atoms with Crippen LogP contribution in [0.3, 0.4) is 0 Å². The van der Waals surface area contributed by atoms with E-state index in [1.807, 2.05) is 54.6 Å². The molecule has 0 bridgehead atoms. The van der Waals surface area contributed by atoms with E-state index in [2.05, 4.69) is 103 Å². The molecule has 5 heteroatoms. The van der Waals surface area contributed by atoms with Gasteiger partial charge >= 0.3 is 0 Å². The van der Waals surface area contributed by atoms with Crippen molar-refractivity contribution in [1.82, 2.24) is 19.9 Å². The molecule has 3 heterocycles. The highest BCUT2D eigenvalue weighted by atomic mass is 16.5. The number of hydrogen-bond donors (Lipinski definition) is 0. The standard InChI is InChI=1S/C42H28N4O/c1-4-12-27(13-5-1)28-20-22-31(23-21-28)41-44-40(30-16-8-3-9-17-30)45-42(46-41)39-38-34-24-32-18-10-11-19-33(32)25-36(34)47-37(38)26-35(43-39)29-14-6-2-7-15-29/h1-26,34,36H. The van der Waals surface area contributed by atoms with Gasteiger partial charge in [-0.1, -0.05) is 146 Å². The number of ether oxygens (including phenoxy) is 1. The zero-order chi connectivity index (χ0) is 31.2. The molecule has 1 aliphatic carbocycles. The van der Waals surface area contributed by atoms with E-state index in [9.17, 15) is 0 Å². The summed E-state index contributed by atoms with van der Waals surface area (Å²) in [7, 11) is 0. The highest BCUT2D eigenvalue weighted by Gasteiger charge is 2.37. The Hall–Kier alpha value is -6.20. The van der Waals surface area contributed by atoms with E-state index in [4.69, 9.17) is 24.7 Å². The third-order valence-electron chi connectivity index (χ3n) is 8.87. The molecule has 5 aromatic carbocycles. The number of hydrogen-bond acceptors (Lipinski definition) is 5. The summed E-state index contributed by atoms with van der Waals surface area (Å²) in [5, 5.41) is 2.36. The normalized spacial score (nSPS) is 15.7. The Balaban J connectivity index is 1.25. The van der Waals surface area contributed by atoms with Crippen molar-refractivity contribution in [2.75, 3.05) is 0 Å². The summed E-state index contributed by atoms with van der Waals surface area (Å²) in [6.45, 7) is 0. The second-order valence-corrected chi connectivity index (χ2v) is 11.8. The van der Waals surface area contributed by atoms with E-state index >= 15 is 0 Å². The topological polar surface area (TPSA) is 60.8 Å². The molecule has 2 unspecified atom stereocenters. The van der Waals surface area contributed by atoms with Gasteiger partial charge in [-0.05, 0) is 27.6 Å². The molecule has 2 aromatic heterocycles. The van der Waals surface area contributed by atoms with Crippen LogP contribution < -0.4 is 15.2 Å². The summed E-state index contributed by atoms with van der Waals surface area (Å²) in [4.78, 5) is 20.5. The minimum absolute atomic E-state index is 0.0298. The summed E-state index contributed by atoms with van der Waals surface area (Å²) >= 11 is 0. The first-order valence-corrected chi connectivity index (χ1v) is 15.8. The molecule has 9 rings (SSSR count). The van der Waals surface area contributed by atoms with Crippen molar-refractivity contribution in [2.24, 2.45) is 0 Å². The second-order valence-electron chi connectivity index (χ2n) is 11.8. The first-order chi connectivity index (χ1) is 23.3. The number of aromatic nitrogens is 4. The number of benzene rings is 5. The fourth-order valence-corrected chi connectivity index (χ4v) is 6.53. The first-order valence-electron chi connectivity index (χ1n) is 15.8. The zero-order valence-electron chi connectivity index (χ0n) is 25.4. The number of rotatable bonds is 5. The Morgan fingerprint density at radius 2 is 0.915 bits per heavy atom. The summed E-state index contributed by atoms with van der Waals surface area (Å²) in [5.41, 5.74) is 7.63. The van der Waals surface area contributed by atoms with Crippen molar-refractivity contribution < 1.29 is 4.74 Å². The van der Waals surface area contributed by atoms with E-state index in [-0.39, 0.29) is 12.0 Å². The maximum Gasteiger partial charge on any atom is 0.182 e. The number of nitrogens with zero attached hydrogens (tertiary/aromatic N) is 4. The smallest absolute Gasteiger partial charge is 0.182 e. The Labute approximate surface area is 272 Å². The fourth-order valence-electron chi connectivity index (χ4n) is 6.53. The summed E-state index contributed by atoms with van der Waals surface area (Å²) in [5.74, 6) is 2.48. The Kier molecular flexibility index (Phi) is 6.53. The molecular formula is C42H28N4O. The van der Waals surface area contributed by atoms with Crippen LogP contribution in [0.25, 0.3) is 68.8 Å². The van der Waals surface area contributed by atoms with Crippen molar-refractivity contribution >= 4 is 12.2 Å². The van der Waals surface area contributed by atoms with Gasteiger partial charge in [0.05, 0.1) is 5.69 Å². The van der Waals surface area contributed by atoms with E-state index in [1.54, 1.807) is 0 Å². The molecule has 0 spiro atoms. The van der Waals surface area contributed by atoms with Gasteiger partial charge in [0.25, 0.3) is 0 Å². The van der Waals surface area contributed by atoms with Crippen LogP contribution in [0.4, 0.5) is 0 Å². The van der Waals surface area contributed by atoms with Crippen LogP contribution in [-0.4, -0.2) is 26.0 Å². The minimum atomic E-state index is -0.146. The maximum absolute atomic E-state index is 6.68. The molecule has 1 aliphatic heterocycles. The van der Waals surface area contributed by atoms with Crippen molar-refractivity contribution in [1.29, 1.82) is 0 Å². The lowest BCUT2D eigenvalue weighted by molar-refractivity contribution is 0.288. The van der Waals surface area contributed by atoms with Gasteiger partial charge in [-0.2, -0.15) is 0 Å². The van der Waals surface area contributed by atoms with Crippen molar-refractivity contribution in [3.8, 4) is 62.4 Å². The average Bonchev–Trinajstić information content (AvgIpc) is 3.51. The highest BCUT2D eigenvalue weighted by Crippen LogP contribution is 2.46. The van der Waals surface area contributed by atoms with Crippen LogP contribution in [-0.2, 0) is 0 Å². The van der Waals surface area contributed by atoms with Gasteiger partial charge in [0.1, 0.15) is 17.5 Å². The first kappa shape index (κ1) is 27.1. The molecule has 0 fully saturated rings. The number of pyridine rings is 1. The molecule has 0 radical (unpaired) electrons. The summed E-state index contributed by atoms with van der Waals surface area (Å²) in [6.07, 6.45) is 4.36. The number of fused-ring (bicyclic) bond motifs is 4. The average molecular weight is 605 g/mol. The molecule has 2 aliphatic rings. The van der Waals surface area contributed by atoms with E-state index in [1.165, 1.54) is 10.4 Å². The molecule has 5 nitrogen and oxygen atoms in total. The molecule has 47 heavy (non-hydrogen) atoms. The lowest BCUT2D eigenvalue weighted by atomic mass is 9.88. The van der Waals surface area contributed by atoms with E-state index in [0.29, 0.717) is 23.2 Å². The molecule has 2 atom stereocenters. The van der Waals surface area contributed by atoms with Gasteiger partial charge in [-0.3, -0.25) is 0 Å². The lowest BCUT2D eigenvalue weighted by Crippen LogP contribution is -2.34. The van der Waals surface area contributed by atoms with Crippen LogP contribution in [0.1, 0.15) is 11.5 Å². The fraction of sp³-hybridized carbons (Fsp3) is 0.0476. The van der Waals surface area contributed by atoms with Crippen molar-refractivity contribution in [3.05, 3.63) is 162 Å². The van der Waals surface area contributed by atoms with Gasteiger partial charge in [-0.25, -0.2) is 19.9 Å². The van der Waals surface area contributed by atoms with Crippen LogP contribution in [0.2, 0.25) is 0 Å². The van der Waals surface area contributed by atoms with Gasteiger partial charge in [0.2, 0.25) is 0 Å². The SMILES string of the molecule is C1=c2ccccc2=CC2c3c(cc(-c4ccccc4)nc3-c3nc(-c4ccccc4)nc(-c4ccc(-c5ccccc5)cc4)n3)OC12. The Morgan fingerprint density at radius 1 is 0.426 bits per heavy atom. The second kappa shape index (κ2) is 11.3. The van der Waals surface area contributed by atoms with Gasteiger partial charge in [0.15, 0.2) is 17.5 Å². The summed E-state index contributed by atoms with van der Waals surface area (Å²) in [6, 6.07) is 49.5. The Bertz CT molecular complexity index is 2380. The van der Waals surface area contributed by atoms with Gasteiger partial charge in [-0.15, -0.1) is 0 Å². The van der Waals surface area contributed by atoms with Gasteiger partial charge < -0.3 is 4.74 Å². The van der Waals surface area contributed by atoms with E-state index < -0.39 is 0 Å². The molecule has 0 N–H and O–H groups in total. The van der Waals surface area contributed by atoms with Crippen LogP contribution in [0.5, 0.6) is 5.75 Å². The molecule has 0 saturated heterocycles. The third-order valence-corrected chi connectivity index (χ3v) is 8.87. The largest absolute Gasteiger partial charge is 0.485 e. The predicted molar refractivity (Wildman–Crippen MR) is 187 cm³/mol. The Morgan fingerprint density at radius 3 is 1.57 bits per heavy atom. The molecule has 7 aromatic rings. The molecular weight excluding hydrogens is 576 g/mol. The maximum atomic E-state index is 6.68. The monoisotopic (exact) mass is 604 g/mol. The van der Waals surface area contributed by atoms with Crippen LogP contribution >= 0.6 is 0 Å². The lowest BCUT2D eigenvalue weighted by Gasteiger charge is -2.17. The van der Waals surface area contributed by atoms with Crippen molar-refractivity contribution in [3.63, 3.8) is 0 Å². The quantitative estimate of drug-likeness (QED) is 0.201. The zero-order valence-corrected chi connectivity index (χ0v) is 25.4. The molecule has 0 amide bonds. The molecule has 0 saturated carbocycles. The van der Waals surface area contributed by atoms with Gasteiger partial charge in [0, 0.05) is 34.2 Å². The van der Waals surface area contributed by atoms with Crippen LogP contribution in [0.15, 0.2) is 146 Å².